The van der Waals surface area contributed by atoms with Gasteiger partial charge in [0.1, 0.15) is 5.75 Å². The van der Waals surface area contributed by atoms with E-state index in [1.165, 1.54) is 0 Å². The number of fused-ring (bicyclic) bond motifs is 1. The van der Waals surface area contributed by atoms with E-state index in [1.54, 1.807) is 0 Å². The van der Waals surface area contributed by atoms with Crippen LogP contribution in [-0.4, -0.2) is 37.3 Å². The molecule has 1 aromatic carbocycles. The van der Waals surface area contributed by atoms with Crippen LogP contribution in [0, 0.1) is 5.92 Å². The summed E-state index contributed by atoms with van der Waals surface area (Å²) < 4.78 is 11.0. The third-order valence-corrected chi connectivity index (χ3v) is 3.89. The van der Waals surface area contributed by atoms with Crippen LogP contribution in [0.3, 0.4) is 0 Å². The minimum absolute atomic E-state index is 0.00458. The number of para-hydroxylation sites is 1. The molecular weight excluding hydrogens is 244 g/mol. The Kier molecular flexibility index (Phi) is 3.40. The van der Waals surface area contributed by atoms with Gasteiger partial charge in [0.05, 0.1) is 12.1 Å². The molecule has 1 aliphatic heterocycles. The second-order valence-corrected chi connectivity index (χ2v) is 5.06. The summed E-state index contributed by atoms with van der Waals surface area (Å²) in [5.41, 5.74) is 6.03. The lowest BCUT2D eigenvalue weighted by Crippen LogP contribution is -2.69. The van der Waals surface area contributed by atoms with Crippen LogP contribution in [0.4, 0.5) is 0 Å². The highest BCUT2D eigenvalue weighted by Gasteiger charge is 2.52. The maximum atomic E-state index is 11.8. The maximum absolute atomic E-state index is 11.8. The number of benzene rings is 1. The van der Waals surface area contributed by atoms with Crippen molar-refractivity contribution in [3.63, 3.8) is 0 Å². The summed E-state index contributed by atoms with van der Waals surface area (Å²) in [4.78, 5) is 11.8. The zero-order valence-electron chi connectivity index (χ0n) is 10.6. The van der Waals surface area contributed by atoms with Gasteiger partial charge in [0.15, 0.2) is 6.61 Å². The van der Waals surface area contributed by atoms with Crippen molar-refractivity contribution in [2.75, 3.05) is 13.2 Å². The van der Waals surface area contributed by atoms with Gasteiger partial charge in [-0.25, -0.2) is 0 Å². The Labute approximate surface area is 112 Å². The molecule has 0 spiro atoms. The molecule has 3 N–H and O–H groups in total. The molecule has 0 bridgehead atoms. The fourth-order valence-electron chi connectivity index (χ4n) is 2.82. The Morgan fingerprint density at radius 2 is 2.21 bits per heavy atom. The lowest BCUT2D eigenvalue weighted by molar-refractivity contribution is -0.127. The molecule has 19 heavy (non-hydrogen) atoms. The molecule has 1 aliphatic carbocycles. The molecule has 1 saturated carbocycles. The van der Waals surface area contributed by atoms with Crippen LogP contribution < -0.4 is 15.8 Å². The van der Waals surface area contributed by atoms with Gasteiger partial charge in [-0.05, 0) is 18.6 Å². The topological polar surface area (TPSA) is 73.6 Å². The van der Waals surface area contributed by atoms with Crippen molar-refractivity contribution in [3.8, 4) is 5.75 Å². The highest BCUT2D eigenvalue weighted by atomic mass is 16.5. The van der Waals surface area contributed by atoms with E-state index >= 15 is 0 Å². The van der Waals surface area contributed by atoms with Gasteiger partial charge in [0.2, 0.25) is 0 Å². The van der Waals surface area contributed by atoms with Crippen molar-refractivity contribution in [2.24, 2.45) is 11.7 Å². The molecule has 102 valence electrons. The smallest absolute Gasteiger partial charge is 0.258 e. The van der Waals surface area contributed by atoms with Gasteiger partial charge in [0.25, 0.3) is 5.91 Å². The minimum Gasteiger partial charge on any atom is -0.484 e. The van der Waals surface area contributed by atoms with Crippen molar-refractivity contribution in [1.82, 2.24) is 5.32 Å². The highest BCUT2D eigenvalue weighted by Crippen LogP contribution is 2.37. The number of ether oxygens (including phenoxy) is 2. The molecule has 1 heterocycles. The Morgan fingerprint density at radius 3 is 3.00 bits per heavy atom. The molecule has 1 aromatic rings. The minimum atomic E-state index is -0.154. The van der Waals surface area contributed by atoms with Crippen molar-refractivity contribution in [2.45, 2.75) is 24.6 Å². The normalized spacial score (nSPS) is 32.3. The molecular formula is C14H18N2O3. The van der Waals surface area contributed by atoms with Gasteiger partial charge in [0, 0.05) is 18.6 Å². The van der Waals surface area contributed by atoms with E-state index in [0.717, 1.165) is 13.0 Å². The van der Waals surface area contributed by atoms with Gasteiger partial charge in [-0.2, -0.15) is 0 Å². The molecule has 1 saturated heterocycles. The molecule has 3 rings (SSSR count). The fourth-order valence-corrected chi connectivity index (χ4v) is 2.82. The van der Waals surface area contributed by atoms with Gasteiger partial charge < -0.3 is 20.5 Å². The average molecular weight is 262 g/mol. The predicted octanol–water partition coefficient (Wildman–Crippen LogP) is 0.296. The first kappa shape index (κ1) is 12.4. The second kappa shape index (κ2) is 5.19. The molecule has 2 fully saturated rings. The summed E-state index contributed by atoms with van der Waals surface area (Å²) >= 11 is 0. The number of carbonyl (C=O) groups excluding carboxylic acids is 1. The summed E-state index contributed by atoms with van der Waals surface area (Å²) in [7, 11) is 0. The maximum Gasteiger partial charge on any atom is 0.258 e. The number of nitrogens with two attached hydrogens (primary N) is 1. The number of amides is 1. The fraction of sp³-hybridized carbons (Fsp3) is 0.500. The Bertz CT molecular complexity index is 451. The van der Waals surface area contributed by atoms with Gasteiger partial charge in [-0.3, -0.25) is 4.79 Å². The largest absolute Gasteiger partial charge is 0.484 e. The van der Waals surface area contributed by atoms with Crippen molar-refractivity contribution in [3.05, 3.63) is 30.3 Å². The summed E-state index contributed by atoms with van der Waals surface area (Å²) in [6.45, 7) is 0.751. The van der Waals surface area contributed by atoms with Crippen LogP contribution in [0.5, 0.6) is 5.75 Å². The van der Waals surface area contributed by atoms with Gasteiger partial charge in [-0.15, -0.1) is 0 Å². The number of hydrogen-bond donors (Lipinski definition) is 2. The zero-order chi connectivity index (χ0) is 13.2. The van der Waals surface area contributed by atoms with Crippen molar-refractivity contribution in [1.29, 1.82) is 0 Å². The van der Waals surface area contributed by atoms with Crippen LogP contribution >= 0.6 is 0 Å². The van der Waals surface area contributed by atoms with E-state index in [-0.39, 0.29) is 30.7 Å². The van der Waals surface area contributed by atoms with Crippen LogP contribution in [0.2, 0.25) is 0 Å². The number of rotatable bonds is 4. The van der Waals surface area contributed by atoms with E-state index < -0.39 is 0 Å². The lowest BCUT2D eigenvalue weighted by Gasteiger charge is -2.45. The number of hydrogen-bond acceptors (Lipinski definition) is 4. The van der Waals surface area contributed by atoms with E-state index in [9.17, 15) is 4.79 Å². The van der Waals surface area contributed by atoms with Crippen LogP contribution in [-0.2, 0) is 9.53 Å². The van der Waals surface area contributed by atoms with E-state index in [4.69, 9.17) is 15.2 Å². The van der Waals surface area contributed by atoms with Crippen LogP contribution in [0.1, 0.15) is 6.42 Å². The molecule has 0 aromatic heterocycles. The van der Waals surface area contributed by atoms with Crippen LogP contribution in [0.15, 0.2) is 30.3 Å². The zero-order valence-corrected chi connectivity index (χ0v) is 10.6. The van der Waals surface area contributed by atoms with Crippen molar-refractivity contribution < 1.29 is 14.3 Å². The number of carbonyl (C=O) groups is 1. The quantitative estimate of drug-likeness (QED) is 0.818. The van der Waals surface area contributed by atoms with Gasteiger partial charge >= 0.3 is 0 Å². The average Bonchev–Trinajstić information content (AvgIpc) is 2.88. The summed E-state index contributed by atoms with van der Waals surface area (Å²) in [6.07, 6.45) is 1.09. The Balaban J connectivity index is 1.47. The Hall–Kier alpha value is -1.59. The van der Waals surface area contributed by atoms with Crippen LogP contribution in [0.25, 0.3) is 0 Å². The van der Waals surface area contributed by atoms with Crippen molar-refractivity contribution >= 4 is 5.91 Å². The SMILES string of the molecule is NC1C2CCOC2C1NC(=O)COc1ccccc1. The molecule has 1 amide bonds. The first-order chi connectivity index (χ1) is 9.25. The number of nitrogens with one attached hydrogen (secondary N) is 1. The van der Waals surface area contributed by atoms with E-state index in [0.29, 0.717) is 11.7 Å². The molecule has 5 heteroatoms. The standard InChI is InChI=1S/C14H18N2O3/c15-12-10-6-7-18-14(10)13(12)16-11(17)8-19-9-4-2-1-3-5-9/h1-5,10,12-14H,6-8,15H2,(H,16,17). The monoisotopic (exact) mass is 262 g/mol. The Morgan fingerprint density at radius 1 is 1.42 bits per heavy atom. The molecule has 2 aliphatic rings. The summed E-state index contributed by atoms with van der Waals surface area (Å²) in [5, 5.41) is 2.89. The predicted molar refractivity (Wildman–Crippen MR) is 69.7 cm³/mol. The summed E-state index contributed by atoms with van der Waals surface area (Å²) in [6, 6.07) is 9.21. The molecule has 4 unspecified atom stereocenters. The lowest BCUT2D eigenvalue weighted by atomic mass is 9.72. The first-order valence-corrected chi connectivity index (χ1v) is 6.60. The van der Waals surface area contributed by atoms with E-state index in [1.807, 2.05) is 30.3 Å². The first-order valence-electron chi connectivity index (χ1n) is 6.60. The molecule has 5 nitrogen and oxygen atoms in total. The van der Waals surface area contributed by atoms with Gasteiger partial charge in [-0.1, -0.05) is 18.2 Å². The second-order valence-electron chi connectivity index (χ2n) is 5.06. The summed E-state index contributed by atoms with van der Waals surface area (Å²) in [5.74, 6) is 0.934. The van der Waals surface area contributed by atoms with E-state index in [2.05, 4.69) is 5.32 Å². The molecule has 0 radical (unpaired) electrons. The highest BCUT2D eigenvalue weighted by molar-refractivity contribution is 5.78. The third-order valence-electron chi connectivity index (χ3n) is 3.89. The molecule has 4 atom stereocenters. The third kappa shape index (κ3) is 2.43.